The fraction of sp³-hybridized carbons (Fsp3) is 0.389. The summed E-state index contributed by atoms with van der Waals surface area (Å²) in [5, 5.41) is 5.29. The molecule has 2 aromatic rings. The van der Waals surface area contributed by atoms with Crippen LogP contribution >= 0.6 is 35.3 Å². The fourth-order valence-electron chi connectivity index (χ4n) is 2.88. The molecule has 24 heavy (non-hydrogen) atoms. The topological polar surface area (TPSA) is 59.6 Å². The quantitative estimate of drug-likeness (QED) is 0.412. The molecule has 130 valence electrons. The molecule has 2 heterocycles. The summed E-state index contributed by atoms with van der Waals surface area (Å²) in [5.74, 6) is 0.422. The average Bonchev–Trinajstić information content (AvgIpc) is 3.04. The molecule has 6 heteroatoms. The number of halogens is 1. The summed E-state index contributed by atoms with van der Waals surface area (Å²) in [5.41, 5.74) is 9.16. The van der Waals surface area contributed by atoms with E-state index < -0.39 is 0 Å². The first kappa shape index (κ1) is 19.2. The van der Waals surface area contributed by atoms with E-state index in [9.17, 15) is 0 Å². The van der Waals surface area contributed by atoms with Gasteiger partial charge >= 0.3 is 0 Å². The standard InChI is InChI=1S/C18H23N3OS.HI/c1-3-13-5-4-6-14(11-13)21-17(19)20-12-18(2)15-8-10-23-16(15)7-9-22-18;/h4-6,8,10-11H,3,7,9,12H2,1-2H3,(H3,19,20,21);1H. The van der Waals surface area contributed by atoms with Crippen LogP contribution in [0.1, 0.15) is 29.9 Å². The van der Waals surface area contributed by atoms with Crippen molar-refractivity contribution in [3.8, 4) is 0 Å². The van der Waals surface area contributed by atoms with E-state index >= 15 is 0 Å². The zero-order valence-electron chi connectivity index (χ0n) is 14.0. The Labute approximate surface area is 164 Å². The van der Waals surface area contributed by atoms with E-state index in [4.69, 9.17) is 10.5 Å². The molecule has 0 aliphatic carbocycles. The lowest BCUT2D eigenvalue weighted by atomic mass is 9.93. The molecule has 3 N–H and O–H groups in total. The lowest BCUT2D eigenvalue weighted by Crippen LogP contribution is -2.36. The lowest BCUT2D eigenvalue weighted by molar-refractivity contribution is -0.0374. The lowest BCUT2D eigenvalue weighted by Gasteiger charge is -2.33. The molecule has 0 radical (unpaired) electrons. The van der Waals surface area contributed by atoms with Gasteiger partial charge in [-0.25, -0.2) is 4.99 Å². The largest absolute Gasteiger partial charge is 0.370 e. The molecule has 0 saturated heterocycles. The third-order valence-corrected chi connectivity index (χ3v) is 5.20. The van der Waals surface area contributed by atoms with Crippen molar-refractivity contribution in [1.82, 2.24) is 0 Å². The molecule has 3 rings (SSSR count). The maximum atomic E-state index is 6.05. The molecule has 1 unspecified atom stereocenters. The number of thiophene rings is 1. The SMILES string of the molecule is CCc1cccc(NC(N)=NCC2(C)OCCc3sccc32)c1.I. The summed E-state index contributed by atoms with van der Waals surface area (Å²) < 4.78 is 6.00. The Morgan fingerprint density at radius 1 is 1.42 bits per heavy atom. The molecule has 1 aliphatic rings. The van der Waals surface area contributed by atoms with Gasteiger partial charge in [0.25, 0.3) is 0 Å². The molecule has 0 amide bonds. The number of nitrogens with zero attached hydrogens (tertiary/aromatic N) is 1. The molecule has 0 saturated carbocycles. The van der Waals surface area contributed by atoms with Crippen molar-refractivity contribution < 1.29 is 4.74 Å². The van der Waals surface area contributed by atoms with Crippen molar-refractivity contribution in [3.05, 3.63) is 51.7 Å². The summed E-state index contributed by atoms with van der Waals surface area (Å²) >= 11 is 1.79. The number of hydrogen-bond donors (Lipinski definition) is 2. The number of aliphatic imine (C=N–C) groups is 1. The van der Waals surface area contributed by atoms with E-state index in [1.165, 1.54) is 16.0 Å². The Kier molecular flexibility index (Phi) is 6.65. The summed E-state index contributed by atoms with van der Waals surface area (Å²) in [4.78, 5) is 5.91. The Balaban J connectivity index is 0.00000208. The molecule has 0 bridgehead atoms. The highest BCUT2D eigenvalue weighted by molar-refractivity contribution is 14.0. The number of anilines is 1. The van der Waals surface area contributed by atoms with Crippen LogP contribution in [0.15, 0.2) is 40.7 Å². The normalized spacial score (nSPS) is 20.2. The Morgan fingerprint density at radius 2 is 2.25 bits per heavy atom. The first-order valence-corrected chi connectivity index (χ1v) is 8.85. The van der Waals surface area contributed by atoms with Crippen LogP contribution in [0.3, 0.4) is 0 Å². The molecule has 1 aliphatic heterocycles. The van der Waals surface area contributed by atoms with Crippen LogP contribution in [-0.2, 0) is 23.2 Å². The smallest absolute Gasteiger partial charge is 0.193 e. The van der Waals surface area contributed by atoms with Crippen LogP contribution < -0.4 is 11.1 Å². The van der Waals surface area contributed by atoms with Gasteiger partial charge < -0.3 is 15.8 Å². The molecule has 4 nitrogen and oxygen atoms in total. The summed E-state index contributed by atoms with van der Waals surface area (Å²) in [7, 11) is 0. The molecular weight excluding hydrogens is 433 g/mol. The highest BCUT2D eigenvalue weighted by atomic mass is 127. The molecular formula is C18H24IN3OS. The van der Waals surface area contributed by atoms with Gasteiger partial charge in [-0.05, 0) is 48.1 Å². The predicted octanol–water partition coefficient (Wildman–Crippen LogP) is 4.14. The van der Waals surface area contributed by atoms with E-state index in [1.54, 1.807) is 11.3 Å². The van der Waals surface area contributed by atoms with Crippen LogP contribution in [0.2, 0.25) is 0 Å². The highest BCUT2D eigenvalue weighted by Crippen LogP contribution is 2.36. The monoisotopic (exact) mass is 457 g/mol. The van der Waals surface area contributed by atoms with Crippen LogP contribution in [0.4, 0.5) is 5.69 Å². The molecule has 1 aromatic carbocycles. The minimum atomic E-state index is -0.384. The Morgan fingerprint density at radius 3 is 3.04 bits per heavy atom. The van der Waals surface area contributed by atoms with Crippen molar-refractivity contribution in [2.24, 2.45) is 10.7 Å². The van der Waals surface area contributed by atoms with Gasteiger partial charge in [0.1, 0.15) is 5.60 Å². The number of nitrogens with two attached hydrogens (primary N) is 1. The number of benzene rings is 1. The summed E-state index contributed by atoms with van der Waals surface area (Å²) in [6, 6.07) is 10.4. The number of nitrogens with one attached hydrogen (secondary N) is 1. The first-order valence-electron chi connectivity index (χ1n) is 7.97. The molecule has 1 atom stereocenters. The van der Waals surface area contributed by atoms with Crippen molar-refractivity contribution in [2.75, 3.05) is 18.5 Å². The van der Waals surface area contributed by atoms with E-state index in [2.05, 4.69) is 47.7 Å². The highest BCUT2D eigenvalue weighted by Gasteiger charge is 2.33. The van der Waals surface area contributed by atoms with Crippen LogP contribution in [0, 0.1) is 0 Å². The van der Waals surface area contributed by atoms with E-state index in [1.807, 2.05) is 12.1 Å². The second-order valence-corrected chi connectivity index (χ2v) is 6.97. The van der Waals surface area contributed by atoms with Gasteiger partial charge in [-0.15, -0.1) is 35.3 Å². The van der Waals surface area contributed by atoms with Crippen molar-refractivity contribution in [2.45, 2.75) is 32.3 Å². The number of guanidine groups is 1. The number of fused-ring (bicyclic) bond motifs is 1. The maximum absolute atomic E-state index is 6.05. The van der Waals surface area contributed by atoms with Gasteiger partial charge in [-0.1, -0.05) is 19.1 Å². The minimum Gasteiger partial charge on any atom is -0.370 e. The molecule has 1 aromatic heterocycles. The average molecular weight is 457 g/mol. The first-order chi connectivity index (χ1) is 11.1. The zero-order valence-corrected chi connectivity index (χ0v) is 17.2. The third kappa shape index (κ3) is 4.29. The maximum Gasteiger partial charge on any atom is 0.193 e. The fourth-order valence-corrected chi connectivity index (χ4v) is 3.86. The van der Waals surface area contributed by atoms with Crippen LogP contribution in [0.5, 0.6) is 0 Å². The third-order valence-electron chi connectivity index (χ3n) is 4.22. The van der Waals surface area contributed by atoms with Gasteiger partial charge in [0.15, 0.2) is 5.96 Å². The van der Waals surface area contributed by atoms with E-state index in [-0.39, 0.29) is 29.6 Å². The summed E-state index contributed by atoms with van der Waals surface area (Å²) in [6.45, 7) is 5.48. The predicted molar refractivity (Wildman–Crippen MR) is 113 cm³/mol. The van der Waals surface area contributed by atoms with Crippen molar-refractivity contribution >= 4 is 47.0 Å². The van der Waals surface area contributed by atoms with E-state index in [0.29, 0.717) is 12.5 Å². The minimum absolute atomic E-state index is 0. The second kappa shape index (κ2) is 8.31. The number of aryl methyl sites for hydroxylation is 1. The molecule has 0 fully saturated rings. The van der Waals surface area contributed by atoms with Crippen molar-refractivity contribution in [3.63, 3.8) is 0 Å². The van der Waals surface area contributed by atoms with E-state index in [0.717, 1.165) is 25.1 Å². The van der Waals surface area contributed by atoms with Crippen LogP contribution in [-0.4, -0.2) is 19.1 Å². The van der Waals surface area contributed by atoms with Gasteiger partial charge in [-0.2, -0.15) is 0 Å². The van der Waals surface area contributed by atoms with Gasteiger partial charge in [0.05, 0.1) is 13.2 Å². The number of rotatable bonds is 4. The second-order valence-electron chi connectivity index (χ2n) is 5.97. The summed E-state index contributed by atoms with van der Waals surface area (Å²) in [6.07, 6.45) is 1.99. The van der Waals surface area contributed by atoms with Gasteiger partial charge in [0.2, 0.25) is 0 Å². The van der Waals surface area contributed by atoms with Crippen LogP contribution in [0.25, 0.3) is 0 Å². The van der Waals surface area contributed by atoms with Gasteiger partial charge in [-0.3, -0.25) is 0 Å². The van der Waals surface area contributed by atoms with Crippen molar-refractivity contribution in [1.29, 1.82) is 0 Å². The molecule has 0 spiro atoms. The zero-order chi connectivity index (χ0) is 16.3. The number of ether oxygens (including phenoxy) is 1. The Hall–Kier alpha value is -1.12. The number of hydrogen-bond acceptors (Lipinski definition) is 3. The Bertz CT molecular complexity index is 716. The van der Waals surface area contributed by atoms with Gasteiger partial charge in [0, 0.05) is 17.0 Å².